The maximum Gasteiger partial charge on any atom is 0.468 e. The number of oxazole rings is 1. The van der Waals surface area contributed by atoms with Crippen molar-refractivity contribution in [2.75, 3.05) is 7.11 Å². The Kier molecular flexibility index (Phi) is 6.73. The van der Waals surface area contributed by atoms with Crippen LogP contribution in [-0.4, -0.2) is 47.3 Å². The fraction of sp³-hybridized carbons (Fsp3) is 0.333. The molecule has 0 amide bonds. The van der Waals surface area contributed by atoms with E-state index in [0.29, 0.717) is 22.4 Å². The number of ether oxygens (including phenoxy) is 1. The lowest BCUT2D eigenvalue weighted by Gasteiger charge is -2.11. The lowest BCUT2D eigenvalue weighted by atomic mass is 10.1. The molecule has 1 aliphatic rings. The van der Waals surface area contributed by atoms with E-state index in [0.717, 1.165) is 17.4 Å². The van der Waals surface area contributed by atoms with E-state index in [1.54, 1.807) is 12.1 Å². The number of aromatic nitrogens is 7. The van der Waals surface area contributed by atoms with Gasteiger partial charge in [-0.2, -0.15) is 26.3 Å². The quantitative estimate of drug-likeness (QED) is 0.239. The van der Waals surface area contributed by atoms with Gasteiger partial charge in [0, 0.05) is 11.5 Å². The number of hydrogen-bond donors (Lipinski definition) is 1. The molecule has 1 aliphatic carbocycles. The smallest absolute Gasteiger partial charge is 0.468 e. The first-order valence-electron chi connectivity index (χ1n) is 12.9. The average Bonchev–Trinajstić information content (AvgIpc) is 3.68. The second-order valence-corrected chi connectivity index (χ2v) is 10.0. The van der Waals surface area contributed by atoms with Gasteiger partial charge in [0.2, 0.25) is 11.5 Å². The molecule has 1 fully saturated rings. The van der Waals surface area contributed by atoms with Gasteiger partial charge < -0.3 is 9.15 Å². The third kappa shape index (κ3) is 5.44. The summed E-state index contributed by atoms with van der Waals surface area (Å²) in [6, 6.07) is 6.21. The molecule has 0 unspecified atom stereocenters. The van der Waals surface area contributed by atoms with Crippen LogP contribution < -0.4 is 10.4 Å². The molecule has 43 heavy (non-hydrogen) atoms. The Labute approximate surface area is 238 Å². The number of aryl methyl sites for hydroxylation is 1. The first-order valence-corrected chi connectivity index (χ1v) is 12.9. The summed E-state index contributed by atoms with van der Waals surface area (Å²) in [5.74, 6) is -0.873. The van der Waals surface area contributed by atoms with E-state index in [-0.39, 0.29) is 46.8 Å². The summed E-state index contributed by atoms with van der Waals surface area (Å²) in [6.07, 6.45) is -4.98. The minimum absolute atomic E-state index is 0.00983. The molecule has 0 bridgehead atoms. The number of nitrogens with one attached hydrogen (secondary N) is 1. The number of imidazole rings is 1. The zero-order valence-corrected chi connectivity index (χ0v) is 22.6. The third-order valence-corrected chi connectivity index (χ3v) is 6.98. The number of alkyl halides is 6. The number of fused-ring (bicyclic) bond motifs is 1. The van der Waals surface area contributed by atoms with Crippen molar-refractivity contribution in [3.05, 3.63) is 65.3 Å². The second kappa shape index (κ2) is 10.2. The van der Waals surface area contributed by atoms with Crippen molar-refractivity contribution in [1.29, 1.82) is 5.41 Å². The van der Waals surface area contributed by atoms with Crippen LogP contribution in [0.1, 0.15) is 41.7 Å². The van der Waals surface area contributed by atoms with Crippen LogP contribution in [0.15, 0.2) is 41.2 Å². The van der Waals surface area contributed by atoms with Gasteiger partial charge in [-0.05, 0) is 25.3 Å². The van der Waals surface area contributed by atoms with Crippen molar-refractivity contribution in [1.82, 2.24) is 34.1 Å². The van der Waals surface area contributed by atoms with E-state index in [4.69, 9.17) is 14.6 Å². The number of nitrogens with zero attached hydrogens (tertiary/aromatic N) is 7. The highest BCUT2D eigenvalue weighted by molar-refractivity contribution is 5.76. The van der Waals surface area contributed by atoms with E-state index in [1.165, 1.54) is 43.3 Å². The number of methoxy groups -OCH3 is 1. The highest BCUT2D eigenvalue weighted by atomic mass is 19.4. The molecular weight excluding hydrogens is 582 g/mol. The second-order valence-electron chi connectivity index (χ2n) is 10.0. The van der Waals surface area contributed by atoms with Crippen LogP contribution in [0.4, 0.5) is 26.3 Å². The van der Waals surface area contributed by atoms with Gasteiger partial charge in [-0.25, -0.2) is 24.9 Å². The molecule has 0 spiro atoms. The Hall–Kier alpha value is -4.76. The first-order chi connectivity index (χ1) is 20.3. The normalized spacial score (nSPS) is 14.0. The molecule has 0 atom stereocenters. The molecule has 0 aliphatic heterocycles. The number of benzene rings is 1. The van der Waals surface area contributed by atoms with Gasteiger partial charge in [-0.1, -0.05) is 24.3 Å². The highest BCUT2D eigenvalue weighted by Crippen LogP contribution is 2.45. The van der Waals surface area contributed by atoms with Crippen LogP contribution in [0.5, 0.6) is 5.88 Å². The van der Waals surface area contributed by atoms with Crippen molar-refractivity contribution in [2.45, 2.75) is 51.1 Å². The third-order valence-electron chi connectivity index (χ3n) is 6.98. The van der Waals surface area contributed by atoms with Crippen LogP contribution in [0.3, 0.4) is 0 Å². The molecule has 16 heteroatoms. The number of halogens is 6. The molecule has 1 N–H and O–H groups in total. The van der Waals surface area contributed by atoms with E-state index >= 15 is 0 Å². The maximum absolute atomic E-state index is 13.5. The number of rotatable bonds is 7. The highest BCUT2D eigenvalue weighted by Gasteiger charge is 2.38. The Morgan fingerprint density at radius 1 is 1.00 bits per heavy atom. The molecule has 5 aromatic rings. The molecule has 4 aromatic heterocycles. The van der Waals surface area contributed by atoms with Gasteiger partial charge in [0.25, 0.3) is 0 Å². The van der Waals surface area contributed by atoms with Crippen LogP contribution in [0, 0.1) is 12.3 Å². The molecular formula is C27H22F6N8O2. The summed E-state index contributed by atoms with van der Waals surface area (Å²) < 4.78 is 92.0. The zero-order valence-electron chi connectivity index (χ0n) is 22.6. The van der Waals surface area contributed by atoms with E-state index in [2.05, 4.69) is 24.9 Å². The number of hydrogen-bond acceptors (Lipinski definition) is 8. The molecule has 0 radical (unpaired) electrons. The summed E-state index contributed by atoms with van der Waals surface area (Å²) >= 11 is 0. The summed E-state index contributed by atoms with van der Waals surface area (Å²) in [5.41, 5.74) is 1.60. The van der Waals surface area contributed by atoms with Gasteiger partial charge in [-0.15, -0.1) is 0 Å². The van der Waals surface area contributed by atoms with Crippen LogP contribution in [0.2, 0.25) is 0 Å². The molecule has 1 aromatic carbocycles. The van der Waals surface area contributed by atoms with Gasteiger partial charge in [0.1, 0.15) is 35.4 Å². The first kappa shape index (κ1) is 28.4. The monoisotopic (exact) mass is 604 g/mol. The Bertz CT molecular complexity index is 1890. The van der Waals surface area contributed by atoms with Crippen molar-refractivity contribution in [2.24, 2.45) is 0 Å². The lowest BCUT2D eigenvalue weighted by Crippen LogP contribution is -2.30. The predicted octanol–water partition coefficient (Wildman–Crippen LogP) is 5.65. The van der Waals surface area contributed by atoms with Crippen molar-refractivity contribution in [3.8, 4) is 28.5 Å². The molecule has 10 nitrogen and oxygen atoms in total. The Balaban J connectivity index is 1.43. The minimum atomic E-state index is -4.75. The zero-order chi connectivity index (χ0) is 30.7. The minimum Gasteiger partial charge on any atom is -0.480 e. The van der Waals surface area contributed by atoms with Crippen molar-refractivity contribution >= 4 is 11.2 Å². The van der Waals surface area contributed by atoms with Gasteiger partial charge in [-0.3, -0.25) is 14.5 Å². The summed E-state index contributed by atoms with van der Waals surface area (Å²) in [4.78, 5) is 21.0. The topological polar surface area (TPSA) is 121 Å². The van der Waals surface area contributed by atoms with Crippen LogP contribution in [-0.2, 0) is 19.3 Å². The van der Waals surface area contributed by atoms with Crippen molar-refractivity contribution < 1.29 is 35.5 Å². The van der Waals surface area contributed by atoms with E-state index in [9.17, 15) is 26.3 Å². The van der Waals surface area contributed by atoms with Gasteiger partial charge in [0.15, 0.2) is 11.5 Å². The molecule has 224 valence electrons. The lowest BCUT2D eigenvalue weighted by molar-refractivity contribution is -0.157. The summed E-state index contributed by atoms with van der Waals surface area (Å²) in [7, 11) is 1.43. The Morgan fingerprint density at radius 3 is 2.33 bits per heavy atom. The van der Waals surface area contributed by atoms with E-state index in [1.807, 2.05) is 0 Å². The largest absolute Gasteiger partial charge is 0.480 e. The molecule has 0 saturated heterocycles. The average molecular weight is 605 g/mol. The molecule has 1 saturated carbocycles. The Morgan fingerprint density at radius 2 is 1.72 bits per heavy atom. The molecule has 4 heterocycles. The fourth-order valence-electron chi connectivity index (χ4n) is 4.87. The van der Waals surface area contributed by atoms with Gasteiger partial charge >= 0.3 is 18.2 Å². The van der Waals surface area contributed by atoms with Crippen LogP contribution >= 0.6 is 0 Å². The van der Waals surface area contributed by atoms with Gasteiger partial charge in [0.05, 0.1) is 25.5 Å². The fourth-order valence-corrected chi connectivity index (χ4v) is 4.87. The SMILES string of the molecule is COc1ncnc(C2CC2)c1-c1ncc2c(n1)n(Cc1ccc(-c3nc(C(F)(F)F)oc3C)cc1)c(=N)n2CC(F)(F)F. The standard InChI is InChI=1S/C27H22F6N8O2/c1-13-19(38-24(43-13)27(31,32)33)15-5-3-14(4-6-15)10-40-22-17(41(25(40)34)11-26(28,29)30)9-35-21(39-22)18-20(16-7-8-16)36-12-37-23(18)42-2/h3-6,9,12,16,34H,7-8,10-11H2,1-2H3. The molecule has 6 rings (SSSR count). The predicted molar refractivity (Wildman–Crippen MR) is 138 cm³/mol. The maximum atomic E-state index is 13.5. The summed E-state index contributed by atoms with van der Waals surface area (Å²) in [5, 5.41) is 8.62. The van der Waals surface area contributed by atoms with Crippen molar-refractivity contribution in [3.63, 3.8) is 0 Å². The van der Waals surface area contributed by atoms with Crippen LogP contribution in [0.25, 0.3) is 33.8 Å². The summed E-state index contributed by atoms with van der Waals surface area (Å²) in [6.45, 7) is -0.141. The van der Waals surface area contributed by atoms with E-state index < -0.39 is 30.4 Å².